The maximum atomic E-state index is 14.0. The molecule has 2 aliphatic rings. The molecule has 1 aromatic carbocycles. The lowest BCUT2D eigenvalue weighted by atomic mass is 10.1. The van der Waals surface area contributed by atoms with Gasteiger partial charge in [0.05, 0.1) is 12.2 Å². The Bertz CT molecular complexity index is 1150. The predicted molar refractivity (Wildman–Crippen MR) is 99.5 cm³/mol. The van der Waals surface area contributed by atoms with Crippen LogP contribution in [0.5, 0.6) is 6.01 Å². The first-order valence-electron chi connectivity index (χ1n) is 8.97. The highest BCUT2D eigenvalue weighted by molar-refractivity contribution is 7.15. The van der Waals surface area contributed by atoms with Crippen molar-refractivity contribution in [1.82, 2.24) is 19.4 Å². The number of thiazole rings is 1. The van der Waals surface area contributed by atoms with Crippen LogP contribution in [-0.4, -0.2) is 36.5 Å². The van der Waals surface area contributed by atoms with Crippen LogP contribution in [0, 0.1) is 27.6 Å². The third-order valence-corrected chi connectivity index (χ3v) is 6.19. The molecule has 8 nitrogen and oxygen atoms in total. The van der Waals surface area contributed by atoms with Crippen molar-refractivity contribution >= 4 is 17.2 Å². The van der Waals surface area contributed by atoms with Gasteiger partial charge in [0.1, 0.15) is 22.6 Å². The largest absolute Gasteiger partial charge is 0.436 e. The zero-order valence-electron chi connectivity index (χ0n) is 15.6. The molecule has 0 saturated heterocycles. The molecule has 12 heteroatoms. The summed E-state index contributed by atoms with van der Waals surface area (Å²) in [5, 5.41) is 11.1. The molecule has 0 bridgehead atoms. The van der Waals surface area contributed by atoms with Gasteiger partial charge in [-0.05, 0) is 17.9 Å². The molecule has 0 amide bonds. The minimum Gasteiger partial charge on any atom is -0.436 e. The third kappa shape index (κ3) is 3.12. The monoisotopic (exact) mass is 437 g/mol. The van der Waals surface area contributed by atoms with Crippen LogP contribution in [0.25, 0.3) is 10.6 Å². The fraction of sp³-hybridized carbons (Fsp3) is 0.333. The van der Waals surface area contributed by atoms with E-state index in [9.17, 15) is 23.3 Å². The zero-order chi connectivity index (χ0) is 21.2. The van der Waals surface area contributed by atoms with Crippen LogP contribution >= 0.6 is 11.3 Å². The first-order valence-corrected chi connectivity index (χ1v) is 9.79. The zero-order valence-corrected chi connectivity index (χ0v) is 16.4. The van der Waals surface area contributed by atoms with E-state index >= 15 is 0 Å². The highest BCUT2D eigenvalue weighted by Crippen LogP contribution is 2.37. The van der Waals surface area contributed by atoms with Gasteiger partial charge in [0.2, 0.25) is 0 Å². The van der Waals surface area contributed by atoms with Crippen molar-refractivity contribution in [2.45, 2.75) is 32.2 Å². The maximum absolute atomic E-state index is 14.0. The summed E-state index contributed by atoms with van der Waals surface area (Å²) in [5.74, 6) is -3.46. The molecule has 30 heavy (non-hydrogen) atoms. The molecule has 4 heterocycles. The SMILES string of the molecule is C[C@]1(CN2Cc3nc(-c4cc(F)c(F)cc4F)sc3C2)Cn2cc([N+](=O)[O-])nc2O1. The summed E-state index contributed by atoms with van der Waals surface area (Å²) >= 11 is 1.24. The molecule has 0 aliphatic carbocycles. The van der Waals surface area contributed by atoms with E-state index in [1.54, 1.807) is 4.57 Å². The van der Waals surface area contributed by atoms with E-state index in [0.717, 1.165) is 16.6 Å². The van der Waals surface area contributed by atoms with Crippen molar-refractivity contribution in [3.63, 3.8) is 0 Å². The van der Waals surface area contributed by atoms with Crippen LogP contribution in [0.4, 0.5) is 19.0 Å². The highest BCUT2D eigenvalue weighted by atomic mass is 32.1. The molecule has 0 spiro atoms. The Hall–Kier alpha value is -2.99. The molecule has 1 atom stereocenters. The van der Waals surface area contributed by atoms with Crippen LogP contribution in [-0.2, 0) is 19.6 Å². The highest BCUT2D eigenvalue weighted by Gasteiger charge is 2.42. The minimum absolute atomic E-state index is 0.0574. The summed E-state index contributed by atoms with van der Waals surface area (Å²) in [4.78, 5) is 21.6. The Kier molecular flexibility index (Phi) is 4.12. The number of nitro groups is 1. The second-order valence-electron chi connectivity index (χ2n) is 7.60. The van der Waals surface area contributed by atoms with Gasteiger partial charge < -0.3 is 14.9 Å². The summed E-state index contributed by atoms with van der Waals surface area (Å²) < 4.78 is 48.2. The average molecular weight is 437 g/mol. The quantitative estimate of drug-likeness (QED) is 0.353. The first-order chi connectivity index (χ1) is 14.2. The van der Waals surface area contributed by atoms with Gasteiger partial charge in [0, 0.05) is 41.1 Å². The van der Waals surface area contributed by atoms with Crippen molar-refractivity contribution in [2.75, 3.05) is 6.54 Å². The van der Waals surface area contributed by atoms with Crippen LogP contribution in [0.2, 0.25) is 0 Å². The van der Waals surface area contributed by atoms with Crippen molar-refractivity contribution in [2.24, 2.45) is 0 Å². The van der Waals surface area contributed by atoms with Crippen LogP contribution in [0.15, 0.2) is 18.3 Å². The van der Waals surface area contributed by atoms with E-state index in [2.05, 4.69) is 14.9 Å². The van der Waals surface area contributed by atoms with E-state index in [1.807, 2.05) is 6.92 Å². The maximum Gasteiger partial charge on any atom is 0.415 e. The number of imidazole rings is 1. The molecular formula is C18H14F3N5O3S. The molecule has 0 saturated carbocycles. The molecule has 0 unspecified atom stereocenters. The number of hydrogen-bond donors (Lipinski definition) is 0. The normalized spacial score (nSPS) is 20.3. The molecule has 2 aliphatic heterocycles. The average Bonchev–Trinajstić information content (AvgIpc) is 3.36. The number of benzene rings is 1. The minimum atomic E-state index is -1.23. The third-order valence-electron chi connectivity index (χ3n) is 5.07. The number of aromatic nitrogens is 3. The van der Waals surface area contributed by atoms with Crippen molar-refractivity contribution in [1.29, 1.82) is 0 Å². The Morgan fingerprint density at radius 1 is 1.23 bits per heavy atom. The summed E-state index contributed by atoms with van der Waals surface area (Å²) in [5.41, 5.74) is 0.0905. The molecule has 0 N–H and O–H groups in total. The van der Waals surface area contributed by atoms with Crippen LogP contribution < -0.4 is 4.74 Å². The van der Waals surface area contributed by atoms with Gasteiger partial charge in [-0.25, -0.2) is 18.2 Å². The standard InChI is InChI=1S/C18H14F3N5O3S/c1-18(8-25-6-15(26(27)28)23-17(25)29-18)7-24-4-13-14(5-24)30-16(22-13)9-2-11(20)12(21)3-10(9)19/h2-3,6H,4-5,7-8H2,1H3/t18-/m0/s1. The molecule has 5 rings (SSSR count). The summed E-state index contributed by atoms with van der Waals surface area (Å²) in [6.45, 7) is 3.90. The Balaban J connectivity index is 1.28. The summed E-state index contributed by atoms with van der Waals surface area (Å²) in [6, 6.07) is 1.56. The van der Waals surface area contributed by atoms with Gasteiger partial charge in [-0.15, -0.1) is 11.3 Å². The van der Waals surface area contributed by atoms with E-state index < -0.39 is 28.0 Å². The topological polar surface area (TPSA) is 86.3 Å². The second-order valence-corrected chi connectivity index (χ2v) is 8.68. The van der Waals surface area contributed by atoms with Crippen molar-refractivity contribution in [3.8, 4) is 16.6 Å². The van der Waals surface area contributed by atoms with Gasteiger partial charge in [-0.2, -0.15) is 0 Å². The predicted octanol–water partition coefficient (Wildman–Crippen LogP) is 3.50. The fourth-order valence-corrected chi connectivity index (χ4v) is 4.98. The molecule has 156 valence electrons. The van der Waals surface area contributed by atoms with Gasteiger partial charge in [0.25, 0.3) is 0 Å². The number of halogens is 3. The summed E-state index contributed by atoms with van der Waals surface area (Å²) in [6.07, 6.45) is 1.35. The summed E-state index contributed by atoms with van der Waals surface area (Å²) in [7, 11) is 0. The second kappa shape index (κ2) is 6.51. The first kappa shape index (κ1) is 19.0. The van der Waals surface area contributed by atoms with Crippen LogP contribution in [0.1, 0.15) is 17.5 Å². The molecule has 2 aromatic heterocycles. The van der Waals surface area contributed by atoms with Crippen molar-refractivity contribution in [3.05, 3.63) is 56.5 Å². The lowest BCUT2D eigenvalue weighted by Crippen LogP contribution is -2.43. The number of ether oxygens (including phenoxy) is 1. The number of fused-ring (bicyclic) bond motifs is 2. The molecular weight excluding hydrogens is 423 g/mol. The molecule has 0 radical (unpaired) electrons. The lowest BCUT2D eigenvalue weighted by Gasteiger charge is -2.27. The Labute approximate surface area is 171 Å². The van der Waals surface area contributed by atoms with E-state index in [1.165, 1.54) is 17.5 Å². The smallest absolute Gasteiger partial charge is 0.415 e. The molecule has 0 fully saturated rings. The lowest BCUT2D eigenvalue weighted by molar-refractivity contribution is -0.389. The van der Waals surface area contributed by atoms with E-state index in [4.69, 9.17) is 4.74 Å². The van der Waals surface area contributed by atoms with Gasteiger partial charge >= 0.3 is 11.8 Å². The van der Waals surface area contributed by atoms with Gasteiger partial charge in [0.15, 0.2) is 11.6 Å². The Morgan fingerprint density at radius 2 is 2.00 bits per heavy atom. The molecule has 3 aromatic rings. The number of hydrogen-bond acceptors (Lipinski definition) is 7. The fourth-order valence-electron chi connectivity index (χ4n) is 3.85. The van der Waals surface area contributed by atoms with Crippen molar-refractivity contribution < 1.29 is 22.8 Å². The van der Waals surface area contributed by atoms with Gasteiger partial charge in [-0.1, -0.05) is 0 Å². The van der Waals surface area contributed by atoms with E-state index in [-0.39, 0.29) is 17.4 Å². The number of rotatable bonds is 4. The van der Waals surface area contributed by atoms with Crippen LogP contribution in [0.3, 0.4) is 0 Å². The van der Waals surface area contributed by atoms with E-state index in [0.29, 0.717) is 37.3 Å². The van der Waals surface area contributed by atoms with Gasteiger partial charge in [-0.3, -0.25) is 9.47 Å². The number of nitrogens with zero attached hydrogens (tertiary/aromatic N) is 5. The Morgan fingerprint density at radius 3 is 2.70 bits per heavy atom.